The molecule has 0 saturated heterocycles. The van der Waals surface area contributed by atoms with Crippen molar-refractivity contribution in [2.24, 2.45) is 5.18 Å². The Morgan fingerprint density at radius 1 is 1.71 bits per heavy atom. The van der Waals surface area contributed by atoms with Crippen LogP contribution < -0.4 is 0 Å². The first-order chi connectivity index (χ1) is 3.12. The van der Waals surface area contributed by atoms with Gasteiger partial charge in [0.05, 0.1) is 0 Å². The lowest BCUT2D eigenvalue weighted by molar-refractivity contribution is -0.320. The molecule has 0 aromatic carbocycles. The number of ether oxygens (including phenoxy) is 1. The predicted octanol–water partition coefficient (Wildman–Crippen LogP) is -1.00. The van der Waals surface area contributed by atoms with Crippen LogP contribution in [0.2, 0.25) is 0 Å². The number of nitroso groups, excluding NO2 is 1. The van der Waals surface area contributed by atoms with Crippen LogP contribution >= 0.6 is 0 Å². The Bertz CT molecular complexity index is 70.1. The molecule has 0 aromatic rings. The minimum atomic E-state index is -2.85. The van der Waals surface area contributed by atoms with Gasteiger partial charge in [-0.2, -0.15) is 0 Å². The fourth-order valence-corrected chi connectivity index (χ4v) is 0.0373. The highest BCUT2D eigenvalue weighted by molar-refractivity contribution is 4.37. The second kappa shape index (κ2) is 1.97. The fraction of sp³-hybridized carbons (Fsp3) is 1.00. The Morgan fingerprint density at radius 2 is 2.14 bits per heavy atom. The number of hydrogen-bond acceptors (Lipinski definition) is 5. The molecule has 42 valence electrons. The van der Waals surface area contributed by atoms with Crippen molar-refractivity contribution >= 4 is 0 Å². The number of rotatable bonds is 2. The van der Waals surface area contributed by atoms with Gasteiger partial charge in [-0.05, 0) is 0 Å². The summed E-state index contributed by atoms with van der Waals surface area (Å²) in [7, 11) is 0.946. The van der Waals surface area contributed by atoms with E-state index in [0.29, 0.717) is 0 Å². The van der Waals surface area contributed by atoms with E-state index in [1.54, 1.807) is 5.18 Å². The lowest BCUT2D eigenvalue weighted by atomic mass is 11.0. The van der Waals surface area contributed by atoms with Gasteiger partial charge in [-0.3, -0.25) is 0 Å². The van der Waals surface area contributed by atoms with Gasteiger partial charge in [0.2, 0.25) is 0 Å². The lowest BCUT2D eigenvalue weighted by Gasteiger charge is -2.06. The molecule has 0 rings (SSSR count). The highest BCUT2D eigenvalue weighted by Crippen LogP contribution is 1.97. The first kappa shape index (κ1) is 6.48. The van der Waals surface area contributed by atoms with E-state index in [4.69, 9.17) is 10.2 Å². The summed E-state index contributed by atoms with van der Waals surface area (Å²) in [4.78, 5) is 9.18. The van der Waals surface area contributed by atoms with Crippen LogP contribution in [0.25, 0.3) is 0 Å². The summed E-state index contributed by atoms with van der Waals surface area (Å²) in [6.45, 7) is 0. The Hall–Kier alpha value is -0.520. The van der Waals surface area contributed by atoms with Crippen molar-refractivity contribution in [2.75, 3.05) is 7.11 Å². The zero-order valence-electron chi connectivity index (χ0n) is 3.66. The fourth-order valence-electron chi connectivity index (χ4n) is 0.0373. The zero-order chi connectivity index (χ0) is 5.91. The summed E-state index contributed by atoms with van der Waals surface area (Å²) >= 11 is 0. The molecule has 0 radical (unpaired) electrons. The number of methoxy groups -OCH3 is 1. The molecular weight excluding hydrogens is 102 g/mol. The van der Waals surface area contributed by atoms with Gasteiger partial charge < -0.3 is 14.9 Å². The number of nitrogens with zero attached hydrogens (tertiary/aromatic N) is 1. The third-order valence-corrected chi connectivity index (χ3v) is 0.393. The van der Waals surface area contributed by atoms with Crippen LogP contribution in [0.1, 0.15) is 0 Å². The molecule has 5 heteroatoms. The normalized spacial score (nSPS) is 11.3. The van der Waals surface area contributed by atoms with E-state index in [9.17, 15) is 4.91 Å². The molecule has 0 aliphatic heterocycles. The average molecular weight is 107 g/mol. The van der Waals surface area contributed by atoms with Crippen molar-refractivity contribution in [3.05, 3.63) is 4.91 Å². The molecule has 2 N–H and O–H groups in total. The molecule has 0 aliphatic rings. The monoisotopic (exact) mass is 107 g/mol. The number of hydrogen-bond donors (Lipinski definition) is 2. The maximum absolute atomic E-state index is 9.18. The van der Waals surface area contributed by atoms with Crippen molar-refractivity contribution in [2.45, 2.75) is 6.10 Å². The molecule has 0 saturated carbocycles. The van der Waals surface area contributed by atoms with Crippen molar-refractivity contribution in [3.63, 3.8) is 0 Å². The average Bonchev–Trinajstić information content (AvgIpc) is 1.68. The summed E-state index contributed by atoms with van der Waals surface area (Å²) in [5.41, 5.74) is 0. The van der Waals surface area contributed by atoms with Crippen LogP contribution in [0.5, 0.6) is 0 Å². The van der Waals surface area contributed by atoms with Crippen LogP contribution in [-0.2, 0) is 4.74 Å². The summed E-state index contributed by atoms with van der Waals surface area (Å²) < 4.78 is 3.72. The Balaban J connectivity index is 3.58. The van der Waals surface area contributed by atoms with Crippen molar-refractivity contribution in [3.8, 4) is 0 Å². The molecule has 0 heterocycles. The highest BCUT2D eigenvalue weighted by atomic mass is 16.8. The first-order valence-corrected chi connectivity index (χ1v) is 1.47. The van der Waals surface area contributed by atoms with Crippen molar-refractivity contribution < 1.29 is 14.9 Å². The maximum Gasteiger partial charge on any atom is 0.426 e. The molecule has 0 spiro atoms. The molecule has 0 unspecified atom stereocenters. The molecule has 0 bridgehead atoms. The van der Waals surface area contributed by atoms with Crippen LogP contribution in [0.15, 0.2) is 5.18 Å². The van der Waals surface area contributed by atoms with Gasteiger partial charge in [-0.15, -0.1) is 4.91 Å². The van der Waals surface area contributed by atoms with E-state index in [0.717, 1.165) is 7.11 Å². The smallest absolute Gasteiger partial charge is 0.321 e. The summed E-state index contributed by atoms with van der Waals surface area (Å²) in [5, 5.41) is 17.8. The zero-order valence-corrected chi connectivity index (χ0v) is 3.66. The summed E-state index contributed by atoms with van der Waals surface area (Å²) in [5.74, 6) is 0. The van der Waals surface area contributed by atoms with E-state index in [-0.39, 0.29) is 0 Å². The third kappa shape index (κ3) is 2.21. The summed E-state index contributed by atoms with van der Waals surface area (Å²) in [6.07, 6.45) is -2.85. The van der Waals surface area contributed by atoms with Gasteiger partial charge in [-0.1, -0.05) is 0 Å². The lowest BCUT2D eigenvalue weighted by Crippen LogP contribution is -2.26. The van der Waals surface area contributed by atoms with Crippen molar-refractivity contribution in [1.29, 1.82) is 0 Å². The predicted molar refractivity (Wildman–Crippen MR) is 20.0 cm³/mol. The van der Waals surface area contributed by atoms with Crippen LogP contribution in [0.4, 0.5) is 0 Å². The van der Waals surface area contributed by atoms with E-state index in [2.05, 4.69) is 4.74 Å². The minimum absolute atomic E-state index is 0.946. The molecule has 5 nitrogen and oxygen atoms in total. The molecule has 7 heavy (non-hydrogen) atoms. The largest absolute Gasteiger partial charge is 0.426 e. The van der Waals surface area contributed by atoms with E-state index in [1.807, 2.05) is 0 Å². The second-order valence-electron chi connectivity index (χ2n) is 0.869. The third-order valence-electron chi connectivity index (χ3n) is 0.393. The standard InChI is InChI=1S/C2H5NO4/c1-7-2(4,5)3-6/h4-5H,1H3. The highest BCUT2D eigenvalue weighted by Gasteiger charge is 2.21. The molecule has 0 amide bonds. The van der Waals surface area contributed by atoms with E-state index in [1.165, 1.54) is 0 Å². The van der Waals surface area contributed by atoms with Gasteiger partial charge >= 0.3 is 6.10 Å². The van der Waals surface area contributed by atoms with Crippen LogP contribution in [0, 0.1) is 4.91 Å². The molecular formula is C2H5NO4. The van der Waals surface area contributed by atoms with Gasteiger partial charge in [0, 0.05) is 12.3 Å². The first-order valence-electron chi connectivity index (χ1n) is 1.47. The van der Waals surface area contributed by atoms with Crippen LogP contribution in [-0.4, -0.2) is 23.4 Å². The summed E-state index contributed by atoms with van der Waals surface area (Å²) in [6, 6.07) is 0. The Labute approximate surface area is 39.5 Å². The Morgan fingerprint density at radius 3 is 2.14 bits per heavy atom. The SMILES string of the molecule is COC(O)(O)N=O. The van der Waals surface area contributed by atoms with Crippen LogP contribution in [0.3, 0.4) is 0 Å². The van der Waals surface area contributed by atoms with Gasteiger partial charge in [-0.25, -0.2) is 0 Å². The van der Waals surface area contributed by atoms with E-state index >= 15 is 0 Å². The molecule has 0 atom stereocenters. The maximum atomic E-state index is 9.18. The van der Waals surface area contributed by atoms with Crippen molar-refractivity contribution in [1.82, 2.24) is 0 Å². The van der Waals surface area contributed by atoms with E-state index < -0.39 is 6.10 Å². The van der Waals surface area contributed by atoms with Gasteiger partial charge in [0.15, 0.2) is 0 Å². The topological polar surface area (TPSA) is 79.1 Å². The molecule has 0 fully saturated rings. The second-order valence-corrected chi connectivity index (χ2v) is 0.869. The molecule has 0 aromatic heterocycles. The quantitative estimate of drug-likeness (QED) is 0.350. The minimum Gasteiger partial charge on any atom is -0.321 e. The number of aliphatic hydroxyl groups is 2. The van der Waals surface area contributed by atoms with Gasteiger partial charge in [0.25, 0.3) is 0 Å². The van der Waals surface area contributed by atoms with Gasteiger partial charge in [0.1, 0.15) is 0 Å². The Kier molecular flexibility index (Phi) is 1.82. The molecule has 0 aliphatic carbocycles.